The molecule has 0 saturated carbocycles. The number of ether oxygens (including phenoxy) is 2. The Labute approximate surface area is 133 Å². The maximum atomic E-state index is 10.4. The predicted molar refractivity (Wildman–Crippen MR) is 82.5 cm³/mol. The molecule has 0 radical (unpaired) electrons. The van der Waals surface area contributed by atoms with Crippen LogP contribution in [0.5, 0.6) is 11.5 Å². The lowest BCUT2D eigenvalue weighted by Crippen LogP contribution is -2.40. The molecular weight excluding hydrogens is 311 g/mol. The molecule has 2 aromatic rings. The van der Waals surface area contributed by atoms with Gasteiger partial charge in [0.05, 0.1) is 6.10 Å². The molecule has 1 aliphatic heterocycles. The summed E-state index contributed by atoms with van der Waals surface area (Å²) in [6.45, 7) is 0.302. The predicted octanol–water partition coefficient (Wildman–Crippen LogP) is 3.74. The molecule has 0 spiro atoms. The van der Waals surface area contributed by atoms with E-state index in [1.165, 1.54) is 0 Å². The number of aliphatic hydroxyl groups excluding tert-OH is 1. The molecule has 2 atom stereocenters. The van der Waals surface area contributed by atoms with Crippen molar-refractivity contribution in [1.29, 1.82) is 0 Å². The van der Waals surface area contributed by atoms with Gasteiger partial charge in [0.25, 0.3) is 0 Å². The van der Waals surface area contributed by atoms with E-state index >= 15 is 0 Å². The van der Waals surface area contributed by atoms with E-state index in [1.807, 2.05) is 24.3 Å². The highest BCUT2D eigenvalue weighted by Gasteiger charge is 2.28. The van der Waals surface area contributed by atoms with E-state index < -0.39 is 12.2 Å². The Bertz CT molecular complexity index is 645. The summed E-state index contributed by atoms with van der Waals surface area (Å²) in [5, 5.41) is 11.5. The maximum absolute atomic E-state index is 10.4. The average Bonchev–Trinajstić information content (AvgIpc) is 2.50. The summed E-state index contributed by atoms with van der Waals surface area (Å²) in [7, 11) is 0. The summed E-state index contributed by atoms with van der Waals surface area (Å²) in [6.07, 6.45) is -0.806. The van der Waals surface area contributed by atoms with Crippen molar-refractivity contribution in [3.63, 3.8) is 0 Å². The van der Waals surface area contributed by atoms with E-state index in [2.05, 4.69) is 0 Å². The normalized spacial score (nSPS) is 18.3. The first-order valence-electron chi connectivity index (χ1n) is 6.64. The Hall–Kier alpha value is -1.42. The molecule has 2 aromatic carbocycles. The van der Waals surface area contributed by atoms with Crippen LogP contribution in [0.3, 0.4) is 0 Å². The molecule has 1 heterocycles. The van der Waals surface area contributed by atoms with Crippen molar-refractivity contribution in [2.45, 2.75) is 18.6 Å². The number of aliphatic hydroxyl groups is 1. The van der Waals surface area contributed by atoms with Crippen molar-refractivity contribution < 1.29 is 14.6 Å². The topological polar surface area (TPSA) is 38.7 Å². The van der Waals surface area contributed by atoms with Gasteiger partial charge in [-0.25, -0.2) is 0 Å². The van der Waals surface area contributed by atoms with Gasteiger partial charge in [-0.05, 0) is 35.9 Å². The van der Waals surface area contributed by atoms with E-state index in [9.17, 15) is 5.11 Å². The fraction of sp³-hybridized carbons (Fsp3) is 0.250. The van der Waals surface area contributed by atoms with Crippen molar-refractivity contribution in [2.75, 3.05) is 6.61 Å². The average molecular weight is 325 g/mol. The highest BCUT2D eigenvalue weighted by Crippen LogP contribution is 2.32. The molecule has 21 heavy (non-hydrogen) atoms. The van der Waals surface area contributed by atoms with Gasteiger partial charge in [-0.15, -0.1) is 0 Å². The highest BCUT2D eigenvalue weighted by molar-refractivity contribution is 6.33. The standard InChI is InChI=1S/C16H14Cl2O3/c17-11-5-6-12(18)10(7-11)8-13(19)16-9-20-14-3-1-2-4-15(14)21-16/h1-7,13,16,19H,8-9H2. The van der Waals surface area contributed by atoms with E-state index in [4.69, 9.17) is 32.7 Å². The Balaban J connectivity index is 1.72. The summed E-state index contributed by atoms with van der Waals surface area (Å²) < 4.78 is 11.4. The molecule has 0 amide bonds. The Kier molecular flexibility index (Phi) is 4.24. The minimum atomic E-state index is -0.727. The van der Waals surface area contributed by atoms with E-state index in [0.717, 1.165) is 5.56 Å². The third-order valence-electron chi connectivity index (χ3n) is 3.40. The molecule has 2 unspecified atom stereocenters. The van der Waals surface area contributed by atoms with Gasteiger partial charge in [-0.1, -0.05) is 35.3 Å². The molecule has 0 bridgehead atoms. The lowest BCUT2D eigenvalue weighted by molar-refractivity contribution is -0.00940. The van der Waals surface area contributed by atoms with Crippen molar-refractivity contribution in [2.24, 2.45) is 0 Å². The molecule has 110 valence electrons. The second-order valence-corrected chi connectivity index (χ2v) is 5.76. The molecule has 3 nitrogen and oxygen atoms in total. The number of halogens is 2. The minimum absolute atomic E-state index is 0.302. The summed E-state index contributed by atoms with van der Waals surface area (Å²) in [4.78, 5) is 0. The highest BCUT2D eigenvalue weighted by atomic mass is 35.5. The third kappa shape index (κ3) is 3.26. The number of benzene rings is 2. The zero-order valence-electron chi connectivity index (χ0n) is 11.1. The molecule has 5 heteroatoms. The first-order chi connectivity index (χ1) is 10.1. The second-order valence-electron chi connectivity index (χ2n) is 4.92. The van der Waals surface area contributed by atoms with Crippen LogP contribution >= 0.6 is 23.2 Å². The lowest BCUT2D eigenvalue weighted by atomic mass is 10.0. The maximum Gasteiger partial charge on any atom is 0.161 e. The molecule has 0 aliphatic carbocycles. The SMILES string of the molecule is OC(Cc1cc(Cl)ccc1Cl)C1COc2ccccc2O1. The largest absolute Gasteiger partial charge is 0.486 e. The third-order valence-corrected chi connectivity index (χ3v) is 4.00. The minimum Gasteiger partial charge on any atom is -0.486 e. The molecule has 1 N–H and O–H groups in total. The molecule has 3 rings (SSSR count). The Morgan fingerprint density at radius 2 is 1.90 bits per heavy atom. The first-order valence-corrected chi connectivity index (χ1v) is 7.39. The van der Waals surface area contributed by atoms with Crippen LogP contribution in [0.4, 0.5) is 0 Å². The van der Waals surface area contributed by atoms with Crippen molar-refractivity contribution in [3.8, 4) is 11.5 Å². The second kappa shape index (κ2) is 6.14. The molecule has 0 aromatic heterocycles. The van der Waals surface area contributed by atoms with E-state index in [-0.39, 0.29) is 0 Å². The van der Waals surface area contributed by atoms with Crippen molar-refractivity contribution in [3.05, 3.63) is 58.1 Å². The number of hydrogen-bond acceptors (Lipinski definition) is 3. The van der Waals surface area contributed by atoms with Crippen LogP contribution in [0, 0.1) is 0 Å². The Morgan fingerprint density at radius 1 is 1.14 bits per heavy atom. The van der Waals surface area contributed by atoms with Gasteiger partial charge in [-0.2, -0.15) is 0 Å². The fourth-order valence-corrected chi connectivity index (χ4v) is 2.67. The number of para-hydroxylation sites is 2. The number of hydrogen-bond donors (Lipinski definition) is 1. The van der Waals surface area contributed by atoms with Crippen LogP contribution < -0.4 is 9.47 Å². The number of fused-ring (bicyclic) bond motifs is 1. The first kappa shape index (κ1) is 14.5. The quantitative estimate of drug-likeness (QED) is 0.934. The number of rotatable bonds is 3. The summed E-state index contributed by atoms with van der Waals surface area (Å²) in [5.41, 5.74) is 0.791. The van der Waals surface area contributed by atoms with Gasteiger partial charge in [0.15, 0.2) is 17.6 Å². The molecule has 0 fully saturated rings. The van der Waals surface area contributed by atoms with Crippen LogP contribution in [0.1, 0.15) is 5.56 Å². The zero-order valence-corrected chi connectivity index (χ0v) is 12.6. The van der Waals surface area contributed by atoms with Crippen molar-refractivity contribution >= 4 is 23.2 Å². The molecular formula is C16H14Cl2O3. The smallest absolute Gasteiger partial charge is 0.161 e. The van der Waals surface area contributed by atoms with Crippen LogP contribution in [-0.2, 0) is 6.42 Å². The van der Waals surface area contributed by atoms with Gasteiger partial charge in [-0.3, -0.25) is 0 Å². The van der Waals surface area contributed by atoms with Gasteiger partial charge in [0.1, 0.15) is 6.61 Å². The molecule has 0 saturated heterocycles. The lowest BCUT2D eigenvalue weighted by Gasteiger charge is -2.29. The summed E-state index contributed by atoms with van der Waals surface area (Å²) >= 11 is 12.1. The van der Waals surface area contributed by atoms with E-state index in [0.29, 0.717) is 34.6 Å². The van der Waals surface area contributed by atoms with Crippen LogP contribution in [-0.4, -0.2) is 23.9 Å². The van der Waals surface area contributed by atoms with Gasteiger partial charge in [0.2, 0.25) is 0 Å². The van der Waals surface area contributed by atoms with Crippen LogP contribution in [0.15, 0.2) is 42.5 Å². The monoisotopic (exact) mass is 324 g/mol. The van der Waals surface area contributed by atoms with Gasteiger partial charge < -0.3 is 14.6 Å². The molecule has 1 aliphatic rings. The fourth-order valence-electron chi connectivity index (χ4n) is 2.28. The Morgan fingerprint density at radius 3 is 2.71 bits per heavy atom. The summed E-state index contributed by atoms with van der Waals surface area (Å²) in [5.74, 6) is 1.34. The van der Waals surface area contributed by atoms with Crippen LogP contribution in [0.2, 0.25) is 10.0 Å². The van der Waals surface area contributed by atoms with Gasteiger partial charge >= 0.3 is 0 Å². The van der Waals surface area contributed by atoms with Gasteiger partial charge in [0, 0.05) is 16.5 Å². The summed E-state index contributed by atoms with van der Waals surface area (Å²) in [6, 6.07) is 12.6. The van der Waals surface area contributed by atoms with Crippen molar-refractivity contribution in [1.82, 2.24) is 0 Å². The van der Waals surface area contributed by atoms with Crippen LogP contribution in [0.25, 0.3) is 0 Å². The van der Waals surface area contributed by atoms with E-state index in [1.54, 1.807) is 18.2 Å². The zero-order chi connectivity index (χ0) is 14.8.